The Morgan fingerprint density at radius 2 is 2.32 bits per heavy atom. The Labute approximate surface area is 134 Å². The topological polar surface area (TPSA) is 49.6 Å². The molecule has 1 saturated heterocycles. The molecule has 0 saturated carbocycles. The van der Waals surface area contributed by atoms with Crippen LogP contribution in [0.2, 0.25) is 0 Å². The second kappa shape index (κ2) is 7.07. The number of amides is 1. The van der Waals surface area contributed by atoms with Crippen LogP contribution >= 0.6 is 11.3 Å². The molecule has 1 aliphatic heterocycles. The molecule has 0 aromatic carbocycles. The van der Waals surface area contributed by atoms with Crippen molar-refractivity contribution in [3.05, 3.63) is 40.7 Å². The first-order valence-electron chi connectivity index (χ1n) is 7.60. The smallest absolute Gasteiger partial charge is 0.228 e. The fourth-order valence-corrected chi connectivity index (χ4v) is 3.46. The Bertz CT molecular complexity index is 575. The van der Waals surface area contributed by atoms with Gasteiger partial charge in [-0.2, -0.15) is 0 Å². The van der Waals surface area contributed by atoms with E-state index in [4.69, 9.17) is 4.42 Å². The summed E-state index contributed by atoms with van der Waals surface area (Å²) in [6.07, 6.45) is 5.91. The van der Waals surface area contributed by atoms with E-state index in [2.05, 4.69) is 16.9 Å². The molecule has 22 heavy (non-hydrogen) atoms. The van der Waals surface area contributed by atoms with Crippen LogP contribution in [-0.2, 0) is 17.8 Å². The van der Waals surface area contributed by atoms with Crippen molar-refractivity contribution in [2.45, 2.75) is 31.8 Å². The number of likely N-dealkylation sites (tertiary alicyclic amines) is 1. The van der Waals surface area contributed by atoms with Gasteiger partial charge in [0.2, 0.25) is 5.91 Å². The number of nitrogens with zero attached hydrogens (tertiary/aromatic N) is 3. The number of furan rings is 1. The van der Waals surface area contributed by atoms with Gasteiger partial charge in [-0.05, 0) is 45.1 Å². The third-order valence-corrected chi connectivity index (χ3v) is 4.94. The van der Waals surface area contributed by atoms with Crippen molar-refractivity contribution >= 4 is 17.2 Å². The maximum absolute atomic E-state index is 12.8. The maximum atomic E-state index is 12.8. The number of hydrogen-bond donors (Lipinski definition) is 0. The van der Waals surface area contributed by atoms with Crippen molar-refractivity contribution in [1.82, 2.24) is 14.8 Å². The Kier molecular flexibility index (Phi) is 4.90. The molecular weight excluding hydrogens is 298 g/mol. The zero-order valence-corrected chi connectivity index (χ0v) is 13.6. The summed E-state index contributed by atoms with van der Waals surface area (Å²) in [6.45, 7) is 2.62. The molecule has 5 nitrogen and oxygen atoms in total. The highest BCUT2D eigenvalue weighted by molar-refractivity contribution is 7.09. The van der Waals surface area contributed by atoms with Crippen molar-refractivity contribution in [1.29, 1.82) is 0 Å². The number of rotatable bonds is 5. The number of carbonyl (C=O) groups is 1. The predicted octanol–water partition coefficient (Wildman–Crippen LogP) is 2.40. The normalized spacial score (nSPS) is 16.8. The van der Waals surface area contributed by atoms with Crippen LogP contribution in [0.3, 0.4) is 0 Å². The van der Waals surface area contributed by atoms with Crippen molar-refractivity contribution in [3.63, 3.8) is 0 Å². The average Bonchev–Trinajstić information content (AvgIpc) is 3.19. The highest BCUT2D eigenvalue weighted by Crippen LogP contribution is 2.20. The van der Waals surface area contributed by atoms with Gasteiger partial charge in [-0.3, -0.25) is 9.78 Å². The van der Waals surface area contributed by atoms with Crippen molar-refractivity contribution < 1.29 is 9.21 Å². The molecule has 1 fully saturated rings. The largest absolute Gasteiger partial charge is 0.467 e. The monoisotopic (exact) mass is 319 g/mol. The van der Waals surface area contributed by atoms with Crippen LogP contribution in [0, 0.1) is 0 Å². The summed E-state index contributed by atoms with van der Waals surface area (Å²) < 4.78 is 5.45. The highest BCUT2D eigenvalue weighted by Gasteiger charge is 2.27. The van der Waals surface area contributed by atoms with Gasteiger partial charge in [0.15, 0.2) is 0 Å². The van der Waals surface area contributed by atoms with Gasteiger partial charge in [0.05, 0.1) is 24.7 Å². The van der Waals surface area contributed by atoms with Crippen molar-refractivity contribution in [3.8, 4) is 0 Å². The molecule has 0 aliphatic carbocycles. The van der Waals surface area contributed by atoms with Crippen molar-refractivity contribution in [2.75, 3.05) is 20.1 Å². The number of aromatic nitrogens is 1. The fourth-order valence-electron chi connectivity index (χ4n) is 2.88. The van der Waals surface area contributed by atoms with Crippen LogP contribution in [-0.4, -0.2) is 46.9 Å². The standard InChI is InChI=1S/C16H21N3O2S/c1-18-6-4-13(5-7-18)19(11-14-3-2-8-21-14)16(20)9-15-10-17-12-22-15/h2-3,8,10,12-13H,4-7,9,11H2,1H3. The SMILES string of the molecule is CN1CCC(N(Cc2ccco2)C(=O)Cc2cncs2)CC1. The van der Waals surface area contributed by atoms with Crippen LogP contribution in [0.15, 0.2) is 34.5 Å². The number of carbonyl (C=O) groups excluding carboxylic acids is 1. The third kappa shape index (κ3) is 3.75. The lowest BCUT2D eigenvalue weighted by molar-refractivity contribution is -0.134. The lowest BCUT2D eigenvalue weighted by atomic mass is 10.0. The molecule has 3 rings (SSSR count). The van der Waals surface area contributed by atoms with Gasteiger partial charge in [0, 0.05) is 17.1 Å². The molecule has 2 aromatic heterocycles. The van der Waals surface area contributed by atoms with E-state index in [1.54, 1.807) is 18.0 Å². The molecule has 0 spiro atoms. The molecule has 118 valence electrons. The third-order valence-electron chi connectivity index (χ3n) is 4.16. The Morgan fingerprint density at radius 3 is 2.95 bits per heavy atom. The Hall–Kier alpha value is -1.66. The predicted molar refractivity (Wildman–Crippen MR) is 85.6 cm³/mol. The molecule has 0 N–H and O–H groups in total. The first-order valence-corrected chi connectivity index (χ1v) is 8.48. The molecule has 3 heterocycles. The van der Waals surface area contributed by atoms with E-state index in [0.717, 1.165) is 36.6 Å². The Morgan fingerprint density at radius 1 is 1.50 bits per heavy atom. The van der Waals surface area contributed by atoms with E-state index in [0.29, 0.717) is 19.0 Å². The molecule has 6 heteroatoms. The minimum absolute atomic E-state index is 0.162. The molecule has 0 bridgehead atoms. The number of piperidine rings is 1. The van der Waals surface area contributed by atoms with Crippen molar-refractivity contribution in [2.24, 2.45) is 0 Å². The molecule has 1 amide bonds. The van der Waals surface area contributed by atoms with Crippen LogP contribution in [0.1, 0.15) is 23.5 Å². The Balaban J connectivity index is 1.71. The van der Waals surface area contributed by atoms with Crippen LogP contribution in [0.4, 0.5) is 0 Å². The van der Waals surface area contributed by atoms with Gasteiger partial charge in [-0.15, -0.1) is 11.3 Å². The second-order valence-corrected chi connectivity index (χ2v) is 6.75. The summed E-state index contributed by atoms with van der Waals surface area (Å²) in [6, 6.07) is 4.10. The minimum atomic E-state index is 0.162. The number of thiazole rings is 1. The van der Waals surface area contributed by atoms with Gasteiger partial charge in [0.1, 0.15) is 5.76 Å². The zero-order chi connectivity index (χ0) is 15.4. The molecule has 0 radical (unpaired) electrons. The summed E-state index contributed by atoms with van der Waals surface area (Å²) in [5.41, 5.74) is 1.77. The van der Waals surface area contributed by atoms with E-state index in [1.807, 2.05) is 17.0 Å². The van der Waals surface area contributed by atoms with Gasteiger partial charge in [-0.25, -0.2) is 0 Å². The summed E-state index contributed by atoms with van der Waals surface area (Å²) in [5, 5.41) is 0. The van der Waals surface area contributed by atoms with E-state index in [-0.39, 0.29) is 5.91 Å². The first kappa shape index (κ1) is 15.2. The fraction of sp³-hybridized carbons (Fsp3) is 0.500. The molecule has 2 aromatic rings. The van der Waals surface area contributed by atoms with Gasteiger partial charge < -0.3 is 14.2 Å². The van der Waals surface area contributed by atoms with E-state index < -0.39 is 0 Å². The summed E-state index contributed by atoms with van der Waals surface area (Å²) >= 11 is 1.53. The minimum Gasteiger partial charge on any atom is -0.467 e. The van der Waals surface area contributed by atoms with Crippen LogP contribution in [0.25, 0.3) is 0 Å². The molecule has 0 unspecified atom stereocenters. The average molecular weight is 319 g/mol. The maximum Gasteiger partial charge on any atom is 0.228 e. The quantitative estimate of drug-likeness (QED) is 0.849. The van der Waals surface area contributed by atoms with Gasteiger partial charge in [-0.1, -0.05) is 0 Å². The van der Waals surface area contributed by atoms with E-state index in [9.17, 15) is 4.79 Å². The van der Waals surface area contributed by atoms with E-state index in [1.165, 1.54) is 11.3 Å². The van der Waals surface area contributed by atoms with E-state index >= 15 is 0 Å². The van der Waals surface area contributed by atoms with Gasteiger partial charge in [0.25, 0.3) is 0 Å². The molecule has 1 aliphatic rings. The highest BCUT2D eigenvalue weighted by atomic mass is 32.1. The molecule has 0 atom stereocenters. The van der Waals surface area contributed by atoms with Crippen LogP contribution in [0.5, 0.6) is 0 Å². The summed E-state index contributed by atoms with van der Waals surface area (Å²) in [4.78, 5) is 22.1. The lowest BCUT2D eigenvalue weighted by Gasteiger charge is -2.37. The zero-order valence-electron chi connectivity index (χ0n) is 12.8. The summed E-state index contributed by atoms with van der Waals surface area (Å²) in [5.74, 6) is 1.01. The lowest BCUT2D eigenvalue weighted by Crippen LogP contribution is -2.46. The van der Waals surface area contributed by atoms with Crippen LogP contribution < -0.4 is 0 Å². The second-order valence-electron chi connectivity index (χ2n) is 5.78. The first-order chi connectivity index (χ1) is 10.7. The summed E-state index contributed by atoms with van der Waals surface area (Å²) in [7, 11) is 2.13. The molecular formula is C16H21N3O2S. The number of hydrogen-bond acceptors (Lipinski definition) is 5. The van der Waals surface area contributed by atoms with Gasteiger partial charge >= 0.3 is 0 Å².